The molecular weight excluding hydrogens is 445 g/mol. The Hall–Kier alpha value is -2.27. The van der Waals surface area contributed by atoms with Gasteiger partial charge in [-0.3, -0.25) is 9.36 Å². The van der Waals surface area contributed by atoms with Crippen LogP contribution in [0.2, 0.25) is 0 Å². The molecule has 0 fully saturated rings. The molecule has 0 amide bonds. The molecule has 5 aromatic rings. The minimum Gasteiger partial charge on any atom is -0.338 e. The molecule has 146 valence electrons. The van der Waals surface area contributed by atoms with Crippen LogP contribution in [0.25, 0.3) is 31.4 Å². The van der Waals surface area contributed by atoms with Crippen molar-refractivity contribution in [2.45, 2.75) is 24.4 Å². The molecule has 0 aromatic carbocycles. The maximum absolute atomic E-state index is 13.2. The van der Waals surface area contributed by atoms with E-state index >= 15 is 0 Å². The largest absolute Gasteiger partial charge is 0.338 e. The van der Waals surface area contributed by atoms with E-state index < -0.39 is 0 Å². The molecule has 0 aliphatic rings. The predicted octanol–water partition coefficient (Wildman–Crippen LogP) is 5.61. The standard InChI is InChI=1S/C19H14N4O2S4/c1-2-23-18(24)15-11(12-5-3-7-26-12)9-28-17(15)21-19(23)29-10-14-20-16(22-25-14)13-6-4-8-27-13/h3-9H,2,10H2,1H3. The lowest BCUT2D eigenvalue weighted by atomic mass is 10.2. The molecule has 5 aromatic heterocycles. The van der Waals surface area contributed by atoms with Gasteiger partial charge in [-0.2, -0.15) is 4.98 Å². The summed E-state index contributed by atoms with van der Waals surface area (Å²) in [4.78, 5) is 25.2. The Morgan fingerprint density at radius 2 is 1.90 bits per heavy atom. The third-order valence-electron chi connectivity index (χ3n) is 4.30. The maximum atomic E-state index is 13.2. The van der Waals surface area contributed by atoms with Crippen LogP contribution >= 0.6 is 45.8 Å². The minimum atomic E-state index is -0.00514. The van der Waals surface area contributed by atoms with Crippen molar-refractivity contribution in [2.24, 2.45) is 0 Å². The molecule has 6 nitrogen and oxygen atoms in total. The van der Waals surface area contributed by atoms with Crippen molar-refractivity contribution in [3.05, 3.63) is 56.7 Å². The molecule has 0 saturated heterocycles. The predicted molar refractivity (Wildman–Crippen MR) is 120 cm³/mol. The smallest absolute Gasteiger partial charge is 0.263 e. The molecule has 0 atom stereocenters. The molecule has 0 aliphatic heterocycles. The summed E-state index contributed by atoms with van der Waals surface area (Å²) < 4.78 is 7.08. The Kier molecular flexibility index (Phi) is 5.08. The Bertz CT molecular complexity index is 1320. The van der Waals surface area contributed by atoms with Gasteiger partial charge in [0.1, 0.15) is 4.83 Å². The lowest BCUT2D eigenvalue weighted by Gasteiger charge is -2.09. The third kappa shape index (κ3) is 3.46. The topological polar surface area (TPSA) is 73.8 Å². The maximum Gasteiger partial charge on any atom is 0.263 e. The highest BCUT2D eigenvalue weighted by atomic mass is 32.2. The van der Waals surface area contributed by atoms with E-state index in [1.807, 2.05) is 47.3 Å². The summed E-state index contributed by atoms with van der Waals surface area (Å²) in [5.74, 6) is 1.56. The lowest BCUT2D eigenvalue weighted by molar-refractivity contribution is 0.391. The van der Waals surface area contributed by atoms with Crippen LogP contribution in [0.1, 0.15) is 12.8 Å². The molecule has 0 bridgehead atoms. The summed E-state index contributed by atoms with van der Waals surface area (Å²) in [5, 5.41) is 11.4. The monoisotopic (exact) mass is 458 g/mol. The van der Waals surface area contributed by atoms with Crippen LogP contribution in [0.5, 0.6) is 0 Å². The molecule has 29 heavy (non-hydrogen) atoms. The van der Waals surface area contributed by atoms with Gasteiger partial charge in [-0.15, -0.1) is 34.0 Å². The summed E-state index contributed by atoms with van der Waals surface area (Å²) in [6.07, 6.45) is 0. The van der Waals surface area contributed by atoms with E-state index in [0.717, 1.165) is 20.1 Å². The zero-order valence-electron chi connectivity index (χ0n) is 15.2. The fraction of sp³-hybridized carbons (Fsp3) is 0.158. The highest BCUT2D eigenvalue weighted by Crippen LogP contribution is 2.35. The zero-order chi connectivity index (χ0) is 19.8. The summed E-state index contributed by atoms with van der Waals surface area (Å²) >= 11 is 6.14. The first kappa shape index (κ1) is 18.7. The van der Waals surface area contributed by atoms with Crippen molar-refractivity contribution < 1.29 is 4.52 Å². The van der Waals surface area contributed by atoms with Crippen molar-refractivity contribution in [1.29, 1.82) is 0 Å². The summed E-state index contributed by atoms with van der Waals surface area (Å²) in [6, 6.07) is 7.94. The van der Waals surface area contributed by atoms with Gasteiger partial charge < -0.3 is 4.52 Å². The molecular formula is C19H14N4O2S4. The third-order valence-corrected chi connectivity index (χ3v) is 7.90. The van der Waals surface area contributed by atoms with E-state index in [2.05, 4.69) is 10.1 Å². The van der Waals surface area contributed by atoms with Crippen molar-refractivity contribution in [3.63, 3.8) is 0 Å². The van der Waals surface area contributed by atoms with Gasteiger partial charge in [-0.25, -0.2) is 4.98 Å². The molecule has 0 unspecified atom stereocenters. The normalized spacial score (nSPS) is 11.5. The number of thiophene rings is 3. The molecule has 0 radical (unpaired) electrons. The van der Waals surface area contributed by atoms with Crippen molar-refractivity contribution in [2.75, 3.05) is 0 Å². The Morgan fingerprint density at radius 1 is 1.10 bits per heavy atom. The van der Waals surface area contributed by atoms with E-state index in [-0.39, 0.29) is 5.56 Å². The Morgan fingerprint density at radius 3 is 2.62 bits per heavy atom. The van der Waals surface area contributed by atoms with Crippen molar-refractivity contribution in [3.8, 4) is 21.1 Å². The van der Waals surface area contributed by atoms with Crippen LogP contribution < -0.4 is 5.56 Å². The van der Waals surface area contributed by atoms with Crippen LogP contribution in [0.4, 0.5) is 0 Å². The van der Waals surface area contributed by atoms with E-state index in [0.29, 0.717) is 34.6 Å². The lowest BCUT2D eigenvalue weighted by Crippen LogP contribution is -2.22. The molecule has 5 heterocycles. The van der Waals surface area contributed by atoms with Crippen LogP contribution in [-0.4, -0.2) is 19.7 Å². The first-order valence-corrected chi connectivity index (χ1v) is 12.4. The second kappa shape index (κ2) is 7.86. The number of hydrogen-bond acceptors (Lipinski definition) is 9. The summed E-state index contributed by atoms with van der Waals surface area (Å²) in [6.45, 7) is 2.51. The van der Waals surface area contributed by atoms with Gasteiger partial charge in [0.2, 0.25) is 11.7 Å². The summed E-state index contributed by atoms with van der Waals surface area (Å²) in [5.41, 5.74) is 0.961. The van der Waals surface area contributed by atoms with Crippen molar-refractivity contribution in [1.82, 2.24) is 19.7 Å². The highest BCUT2D eigenvalue weighted by Gasteiger charge is 2.18. The van der Waals surface area contributed by atoms with Gasteiger partial charge >= 0.3 is 0 Å². The van der Waals surface area contributed by atoms with Gasteiger partial charge in [-0.05, 0) is 29.8 Å². The quantitative estimate of drug-likeness (QED) is 0.243. The second-order valence-corrected chi connectivity index (χ2v) is 9.72. The molecule has 0 aliphatic carbocycles. The van der Waals surface area contributed by atoms with E-state index in [1.165, 1.54) is 23.1 Å². The first-order chi connectivity index (χ1) is 14.2. The SMILES string of the molecule is CCn1c(SCc2nc(-c3cccs3)no2)nc2scc(-c3cccs3)c2c1=O. The highest BCUT2D eigenvalue weighted by molar-refractivity contribution is 7.98. The average molecular weight is 459 g/mol. The number of fused-ring (bicyclic) bond motifs is 1. The molecule has 5 rings (SSSR count). The van der Waals surface area contributed by atoms with Gasteiger partial charge in [0.15, 0.2) is 5.16 Å². The number of thioether (sulfide) groups is 1. The molecule has 0 saturated carbocycles. The van der Waals surface area contributed by atoms with Gasteiger partial charge in [-0.1, -0.05) is 29.1 Å². The van der Waals surface area contributed by atoms with E-state index in [1.54, 1.807) is 27.2 Å². The Labute approximate surface area is 181 Å². The number of aromatic nitrogens is 4. The fourth-order valence-electron chi connectivity index (χ4n) is 2.95. The van der Waals surface area contributed by atoms with Gasteiger partial charge in [0.25, 0.3) is 5.56 Å². The van der Waals surface area contributed by atoms with Gasteiger partial charge in [0, 0.05) is 22.4 Å². The molecule has 0 spiro atoms. The number of rotatable bonds is 6. The number of hydrogen-bond donors (Lipinski definition) is 0. The van der Waals surface area contributed by atoms with Crippen LogP contribution in [0, 0.1) is 0 Å². The van der Waals surface area contributed by atoms with E-state index in [4.69, 9.17) is 9.51 Å². The number of nitrogens with zero attached hydrogens (tertiary/aromatic N) is 4. The van der Waals surface area contributed by atoms with Crippen molar-refractivity contribution >= 4 is 56.0 Å². The molecule has 10 heteroatoms. The van der Waals surface area contributed by atoms with Crippen LogP contribution in [0.3, 0.4) is 0 Å². The zero-order valence-corrected chi connectivity index (χ0v) is 18.5. The van der Waals surface area contributed by atoms with Gasteiger partial charge in [0.05, 0.1) is 16.0 Å². The minimum absolute atomic E-state index is 0.00514. The van der Waals surface area contributed by atoms with Crippen LogP contribution in [0.15, 0.2) is 54.9 Å². The first-order valence-electron chi connectivity index (χ1n) is 8.79. The summed E-state index contributed by atoms with van der Waals surface area (Å²) in [7, 11) is 0. The fourth-order valence-corrected chi connectivity index (χ4v) is 6.31. The Balaban J connectivity index is 1.47. The van der Waals surface area contributed by atoms with E-state index in [9.17, 15) is 4.79 Å². The average Bonchev–Trinajstić information content (AvgIpc) is 3.53. The molecule has 0 N–H and O–H groups in total. The second-order valence-electron chi connectivity index (χ2n) is 6.03. The van der Waals surface area contributed by atoms with Crippen LogP contribution in [-0.2, 0) is 12.3 Å².